The number of nitro groups is 1. The Balaban J connectivity index is 1.49. The second kappa shape index (κ2) is 6.91. The lowest BCUT2D eigenvalue weighted by molar-refractivity contribution is -0.384. The van der Waals surface area contributed by atoms with Crippen LogP contribution in [0.3, 0.4) is 0 Å². The minimum absolute atomic E-state index is 0.00818. The van der Waals surface area contributed by atoms with Gasteiger partial charge in [0.05, 0.1) is 23.5 Å². The molecule has 1 amide bonds. The van der Waals surface area contributed by atoms with Gasteiger partial charge in [-0.25, -0.2) is 4.79 Å². The fourth-order valence-corrected chi connectivity index (χ4v) is 3.26. The number of nitro benzene ring substituents is 1. The fraction of sp³-hybridized carbons (Fsp3) is 0.529. The Morgan fingerprint density at radius 1 is 1.42 bits per heavy atom. The van der Waals surface area contributed by atoms with Crippen molar-refractivity contribution in [3.8, 4) is 0 Å². The lowest BCUT2D eigenvalue weighted by atomic mass is 9.76. The van der Waals surface area contributed by atoms with Crippen molar-refractivity contribution < 1.29 is 29.1 Å². The van der Waals surface area contributed by atoms with E-state index in [0.29, 0.717) is 5.56 Å². The van der Waals surface area contributed by atoms with Crippen molar-refractivity contribution in [2.24, 2.45) is 11.3 Å². The Labute approximate surface area is 149 Å². The van der Waals surface area contributed by atoms with E-state index < -0.39 is 23.1 Å². The molecule has 2 N–H and O–H groups in total. The van der Waals surface area contributed by atoms with Crippen molar-refractivity contribution in [1.29, 1.82) is 0 Å². The van der Waals surface area contributed by atoms with Crippen LogP contribution >= 0.6 is 0 Å². The summed E-state index contributed by atoms with van der Waals surface area (Å²) < 4.78 is 10.2. The number of aliphatic hydroxyl groups excluding tert-OH is 1. The molecule has 1 saturated heterocycles. The highest BCUT2D eigenvalue weighted by Gasteiger charge is 2.60. The van der Waals surface area contributed by atoms with Crippen LogP contribution in [0.5, 0.6) is 0 Å². The van der Waals surface area contributed by atoms with Crippen LogP contribution in [0.25, 0.3) is 0 Å². The average Bonchev–Trinajstić information content (AvgIpc) is 3.38. The molecule has 3 rings (SSSR count). The summed E-state index contributed by atoms with van der Waals surface area (Å²) in [7, 11) is 0. The summed E-state index contributed by atoms with van der Waals surface area (Å²) in [6.45, 7) is 1.52. The summed E-state index contributed by atoms with van der Waals surface area (Å²) in [6, 6.07) is 5.42. The van der Waals surface area contributed by atoms with Crippen molar-refractivity contribution in [1.82, 2.24) is 5.32 Å². The first-order chi connectivity index (χ1) is 12.4. The largest absolute Gasteiger partial charge is 0.508 e. The zero-order valence-corrected chi connectivity index (χ0v) is 14.2. The van der Waals surface area contributed by atoms with Gasteiger partial charge in [-0.15, -0.1) is 0 Å². The van der Waals surface area contributed by atoms with Crippen LogP contribution < -0.4 is 5.32 Å². The first-order valence-corrected chi connectivity index (χ1v) is 8.34. The quantitative estimate of drug-likeness (QED) is 0.325. The van der Waals surface area contributed by atoms with E-state index in [1.54, 1.807) is 6.92 Å². The zero-order chi connectivity index (χ0) is 18.9. The third-order valence-corrected chi connectivity index (χ3v) is 5.12. The van der Waals surface area contributed by atoms with Gasteiger partial charge < -0.3 is 19.9 Å². The molecule has 0 spiro atoms. The van der Waals surface area contributed by atoms with Gasteiger partial charge in [0.15, 0.2) is 0 Å². The first kappa shape index (κ1) is 18.1. The van der Waals surface area contributed by atoms with Crippen molar-refractivity contribution in [2.75, 3.05) is 6.61 Å². The minimum Gasteiger partial charge on any atom is -0.430 e. The van der Waals surface area contributed by atoms with Crippen LogP contribution in [-0.2, 0) is 20.9 Å². The van der Waals surface area contributed by atoms with Gasteiger partial charge in [-0.3, -0.25) is 14.9 Å². The maximum atomic E-state index is 11.9. The van der Waals surface area contributed by atoms with Gasteiger partial charge in [-0.2, -0.15) is 0 Å². The molecule has 2 fully saturated rings. The number of hydrogen-bond acceptors (Lipinski definition) is 7. The number of amides is 1. The predicted molar refractivity (Wildman–Crippen MR) is 88.0 cm³/mol. The molecule has 0 bridgehead atoms. The van der Waals surface area contributed by atoms with Gasteiger partial charge in [0.2, 0.25) is 5.91 Å². The highest BCUT2D eigenvalue weighted by molar-refractivity contribution is 5.87. The van der Waals surface area contributed by atoms with Crippen LogP contribution in [-0.4, -0.2) is 40.8 Å². The number of carbonyl (C=O) groups is 2. The molecule has 2 aliphatic rings. The van der Waals surface area contributed by atoms with Gasteiger partial charge in [-0.1, -0.05) is 0 Å². The molecular formula is C17H20N2O7. The number of rotatable bonds is 7. The molecule has 1 aliphatic heterocycles. The summed E-state index contributed by atoms with van der Waals surface area (Å²) in [5.41, 5.74) is 0.236. The van der Waals surface area contributed by atoms with Gasteiger partial charge in [0.25, 0.3) is 5.69 Å². The first-order valence-electron chi connectivity index (χ1n) is 8.34. The molecule has 0 radical (unpaired) electrons. The molecule has 1 heterocycles. The van der Waals surface area contributed by atoms with E-state index in [1.165, 1.54) is 24.3 Å². The van der Waals surface area contributed by atoms with Gasteiger partial charge in [0, 0.05) is 17.5 Å². The summed E-state index contributed by atoms with van der Waals surface area (Å²) in [6.07, 6.45) is 0.0788. The second-order valence-electron chi connectivity index (χ2n) is 6.82. The summed E-state index contributed by atoms with van der Waals surface area (Å²) in [5.74, 6) is -0.707. The Bertz CT molecular complexity index is 714. The Hall–Kier alpha value is -2.68. The van der Waals surface area contributed by atoms with Crippen LogP contribution in [0, 0.1) is 21.4 Å². The van der Waals surface area contributed by atoms with Crippen LogP contribution in [0.4, 0.5) is 10.5 Å². The molecule has 26 heavy (non-hydrogen) atoms. The second-order valence-corrected chi connectivity index (χ2v) is 6.82. The number of ether oxygens (including phenoxy) is 2. The lowest BCUT2D eigenvalue weighted by Gasteiger charge is -2.43. The van der Waals surface area contributed by atoms with E-state index in [4.69, 9.17) is 9.47 Å². The van der Waals surface area contributed by atoms with E-state index >= 15 is 0 Å². The standard InChI is InChI=1S/C17H20N2O7/c1-10(13-14(18-15(13)21)17(9-20)6-7-17)26-16(22)25-8-11-2-4-12(5-3-11)19(23)24/h2-5,10,13-14,20H,6-9H2,1H3,(H,18,21). The number of nitrogens with zero attached hydrogens (tertiary/aromatic N) is 1. The number of carbonyl (C=O) groups excluding carboxylic acids is 2. The summed E-state index contributed by atoms with van der Waals surface area (Å²) >= 11 is 0. The van der Waals surface area contributed by atoms with Gasteiger partial charge in [0.1, 0.15) is 12.7 Å². The minimum atomic E-state index is -0.914. The Morgan fingerprint density at radius 3 is 2.58 bits per heavy atom. The summed E-state index contributed by atoms with van der Waals surface area (Å²) in [5, 5.41) is 22.9. The number of β-lactam (4-membered cyclic amide) rings is 1. The summed E-state index contributed by atoms with van der Waals surface area (Å²) in [4.78, 5) is 33.8. The molecule has 1 aromatic rings. The van der Waals surface area contributed by atoms with Crippen molar-refractivity contribution >= 4 is 17.7 Å². The fourth-order valence-electron chi connectivity index (χ4n) is 3.26. The lowest BCUT2D eigenvalue weighted by Crippen LogP contribution is -2.66. The van der Waals surface area contributed by atoms with E-state index in [-0.39, 0.29) is 36.3 Å². The van der Waals surface area contributed by atoms with Crippen molar-refractivity contribution in [3.63, 3.8) is 0 Å². The van der Waals surface area contributed by atoms with Crippen LogP contribution in [0.1, 0.15) is 25.3 Å². The third-order valence-electron chi connectivity index (χ3n) is 5.12. The normalized spacial score (nSPS) is 24.0. The Morgan fingerprint density at radius 2 is 2.08 bits per heavy atom. The smallest absolute Gasteiger partial charge is 0.430 e. The van der Waals surface area contributed by atoms with Crippen molar-refractivity contribution in [3.05, 3.63) is 39.9 Å². The van der Waals surface area contributed by atoms with Crippen molar-refractivity contribution in [2.45, 2.75) is 38.5 Å². The molecule has 1 aliphatic carbocycles. The molecule has 9 heteroatoms. The predicted octanol–water partition coefficient (Wildman–Crippen LogP) is 1.52. The van der Waals surface area contributed by atoms with E-state index in [1.807, 2.05) is 0 Å². The monoisotopic (exact) mass is 364 g/mol. The number of aliphatic hydroxyl groups is 1. The van der Waals surface area contributed by atoms with Crippen LogP contribution in [0.2, 0.25) is 0 Å². The maximum Gasteiger partial charge on any atom is 0.508 e. The Kier molecular flexibility index (Phi) is 4.82. The molecule has 140 valence electrons. The SMILES string of the molecule is CC(OC(=O)OCc1ccc([N+](=O)[O-])cc1)C1C(=O)NC1C1(CO)CC1. The third kappa shape index (κ3) is 3.48. The maximum absolute atomic E-state index is 11.9. The molecular weight excluding hydrogens is 344 g/mol. The van der Waals surface area contributed by atoms with E-state index in [2.05, 4.69) is 5.32 Å². The van der Waals surface area contributed by atoms with E-state index in [0.717, 1.165) is 12.8 Å². The molecule has 3 unspecified atom stereocenters. The van der Waals surface area contributed by atoms with Crippen LogP contribution in [0.15, 0.2) is 24.3 Å². The van der Waals surface area contributed by atoms with E-state index in [9.17, 15) is 24.8 Å². The van der Waals surface area contributed by atoms with Gasteiger partial charge in [-0.05, 0) is 37.5 Å². The topological polar surface area (TPSA) is 128 Å². The molecule has 1 aromatic carbocycles. The number of benzene rings is 1. The zero-order valence-electron chi connectivity index (χ0n) is 14.2. The molecule has 9 nitrogen and oxygen atoms in total. The number of nitrogens with one attached hydrogen (secondary N) is 1. The number of hydrogen-bond donors (Lipinski definition) is 2. The molecule has 0 aromatic heterocycles. The highest BCUT2D eigenvalue weighted by Crippen LogP contribution is 2.53. The number of non-ortho nitro benzene ring substituents is 1. The molecule has 3 atom stereocenters. The molecule has 1 saturated carbocycles. The average molecular weight is 364 g/mol. The van der Waals surface area contributed by atoms with Gasteiger partial charge >= 0.3 is 6.16 Å². The highest BCUT2D eigenvalue weighted by atomic mass is 16.7.